The number of carbonyl (C=O) groups is 2. The number of rotatable bonds is 3. The van der Waals surface area contributed by atoms with Crippen LogP contribution in [-0.2, 0) is 0 Å². The zero-order valence-corrected chi connectivity index (χ0v) is 22.5. The van der Waals surface area contributed by atoms with Gasteiger partial charge in [0, 0.05) is 38.2 Å². The fourth-order valence-electron chi connectivity index (χ4n) is 5.07. The highest BCUT2D eigenvalue weighted by molar-refractivity contribution is 7.99. The standard InChI is InChI=1S/C19H11NO2S2.C13H18/c21-18-12-6-4-8-14(24-15-9-1-2-10-20-15)17(12)19(22)11-5-3-7-13(23)16(11)18;1-11-7-9-13(10-8-11)12-5-3-2-4-6-12/h1-10,23H;7-10,12H,2-6H2,1H3. The molecule has 0 saturated heterocycles. The lowest BCUT2D eigenvalue weighted by molar-refractivity contribution is 0.0974. The minimum Gasteiger partial charge on any atom is -0.289 e. The fraction of sp³-hybridized carbons (Fsp3) is 0.219. The second kappa shape index (κ2) is 11.5. The molecule has 5 heteroatoms. The Kier molecular flexibility index (Phi) is 7.92. The molecule has 186 valence electrons. The molecule has 0 spiro atoms. The summed E-state index contributed by atoms with van der Waals surface area (Å²) < 4.78 is 0. The molecule has 1 saturated carbocycles. The third-order valence-corrected chi connectivity index (χ3v) is 8.40. The minimum absolute atomic E-state index is 0.144. The molecule has 2 aliphatic rings. The number of aryl methyl sites for hydroxylation is 1. The second-order valence-corrected chi connectivity index (χ2v) is 11.1. The summed E-state index contributed by atoms with van der Waals surface area (Å²) in [7, 11) is 0. The van der Waals surface area contributed by atoms with Crippen LogP contribution in [0.2, 0.25) is 0 Å². The van der Waals surface area contributed by atoms with E-state index in [0.717, 1.165) is 15.8 Å². The molecule has 0 atom stereocenters. The first-order valence-electron chi connectivity index (χ1n) is 12.7. The number of nitrogens with zero attached hydrogens (tertiary/aromatic N) is 1. The van der Waals surface area contributed by atoms with E-state index in [0.29, 0.717) is 27.1 Å². The van der Waals surface area contributed by atoms with Crippen molar-refractivity contribution in [1.29, 1.82) is 0 Å². The Morgan fingerprint density at radius 2 is 1.43 bits per heavy atom. The van der Waals surface area contributed by atoms with E-state index in [1.807, 2.05) is 24.3 Å². The number of pyridine rings is 1. The molecule has 3 aromatic carbocycles. The van der Waals surface area contributed by atoms with Gasteiger partial charge in [0.1, 0.15) is 5.03 Å². The van der Waals surface area contributed by atoms with Gasteiger partial charge in [0.2, 0.25) is 0 Å². The highest BCUT2D eigenvalue weighted by Gasteiger charge is 2.33. The summed E-state index contributed by atoms with van der Waals surface area (Å²) in [5, 5.41) is 0.778. The zero-order valence-electron chi connectivity index (χ0n) is 20.8. The lowest BCUT2D eigenvalue weighted by Gasteiger charge is -2.21. The van der Waals surface area contributed by atoms with E-state index in [1.165, 1.54) is 49.4 Å². The summed E-state index contributed by atoms with van der Waals surface area (Å²) in [5.41, 5.74) is 4.61. The summed E-state index contributed by atoms with van der Waals surface area (Å²) in [6.45, 7) is 2.16. The lowest BCUT2D eigenvalue weighted by Crippen LogP contribution is -2.22. The van der Waals surface area contributed by atoms with Crippen LogP contribution >= 0.6 is 24.4 Å². The van der Waals surface area contributed by atoms with Crippen LogP contribution in [0.25, 0.3) is 0 Å². The van der Waals surface area contributed by atoms with Crippen molar-refractivity contribution in [3.05, 3.63) is 118 Å². The molecule has 0 aliphatic heterocycles. The normalized spacial score (nSPS) is 14.9. The quantitative estimate of drug-likeness (QED) is 0.241. The Morgan fingerprint density at radius 1 is 0.757 bits per heavy atom. The molecule has 0 unspecified atom stereocenters. The number of hydrogen-bond donors (Lipinski definition) is 1. The van der Waals surface area contributed by atoms with Crippen molar-refractivity contribution in [3.63, 3.8) is 0 Å². The molecule has 1 heterocycles. The van der Waals surface area contributed by atoms with E-state index in [1.54, 1.807) is 42.1 Å². The van der Waals surface area contributed by atoms with Gasteiger partial charge in [-0.3, -0.25) is 9.59 Å². The molecule has 2 aliphatic carbocycles. The molecule has 3 nitrogen and oxygen atoms in total. The van der Waals surface area contributed by atoms with Crippen LogP contribution < -0.4 is 0 Å². The molecule has 0 radical (unpaired) electrons. The summed E-state index contributed by atoms with van der Waals surface area (Å²) >= 11 is 5.73. The van der Waals surface area contributed by atoms with E-state index in [4.69, 9.17) is 0 Å². The molecular formula is C32H29NO2S2. The summed E-state index contributed by atoms with van der Waals surface area (Å²) in [6.07, 6.45) is 8.82. The van der Waals surface area contributed by atoms with E-state index in [-0.39, 0.29) is 11.6 Å². The SMILES string of the molecule is Cc1ccc(C2CCCCC2)cc1.O=C1c2cccc(Sc3ccccn3)c2C(=O)c2cccc(S)c21. The third-order valence-electron chi connectivity index (χ3n) is 7.02. The number of carbonyl (C=O) groups excluding carboxylic acids is 2. The van der Waals surface area contributed by atoms with Gasteiger partial charge >= 0.3 is 0 Å². The smallest absolute Gasteiger partial charge is 0.195 e. The minimum atomic E-state index is -0.159. The number of fused-ring (bicyclic) bond motifs is 2. The molecule has 1 fully saturated rings. The fourth-order valence-corrected chi connectivity index (χ4v) is 6.32. The lowest BCUT2D eigenvalue weighted by atomic mass is 9.84. The van der Waals surface area contributed by atoms with E-state index in [9.17, 15) is 9.59 Å². The molecule has 0 bridgehead atoms. The predicted molar refractivity (Wildman–Crippen MR) is 152 cm³/mol. The maximum absolute atomic E-state index is 13.0. The van der Waals surface area contributed by atoms with Crippen molar-refractivity contribution < 1.29 is 9.59 Å². The van der Waals surface area contributed by atoms with Gasteiger partial charge in [0.15, 0.2) is 11.6 Å². The molecule has 4 aromatic rings. The largest absolute Gasteiger partial charge is 0.289 e. The first-order chi connectivity index (χ1) is 18.0. The number of ketones is 2. The number of aromatic nitrogens is 1. The highest BCUT2D eigenvalue weighted by atomic mass is 32.2. The Morgan fingerprint density at radius 3 is 2.14 bits per heavy atom. The Bertz CT molecular complexity index is 1430. The van der Waals surface area contributed by atoms with Crippen molar-refractivity contribution in [2.75, 3.05) is 0 Å². The first kappa shape index (κ1) is 25.5. The second-order valence-electron chi connectivity index (χ2n) is 9.55. The number of benzene rings is 3. The van der Waals surface area contributed by atoms with Gasteiger partial charge < -0.3 is 0 Å². The van der Waals surface area contributed by atoms with Crippen LogP contribution in [0.3, 0.4) is 0 Å². The number of hydrogen-bond acceptors (Lipinski definition) is 5. The topological polar surface area (TPSA) is 47.0 Å². The van der Waals surface area contributed by atoms with E-state index < -0.39 is 0 Å². The maximum atomic E-state index is 13.0. The Balaban J connectivity index is 0.000000182. The highest BCUT2D eigenvalue weighted by Crippen LogP contribution is 2.38. The zero-order chi connectivity index (χ0) is 25.8. The van der Waals surface area contributed by atoms with Crippen molar-refractivity contribution >= 4 is 36.0 Å². The molecular weight excluding hydrogens is 494 g/mol. The summed E-state index contributed by atoms with van der Waals surface area (Å²) in [6, 6.07) is 25.2. The summed E-state index contributed by atoms with van der Waals surface area (Å²) in [5.74, 6) is 0.553. The molecule has 37 heavy (non-hydrogen) atoms. The van der Waals surface area contributed by atoms with Gasteiger partial charge in [-0.05, 0) is 55.5 Å². The van der Waals surface area contributed by atoms with Gasteiger partial charge in [0.25, 0.3) is 0 Å². The van der Waals surface area contributed by atoms with Crippen LogP contribution in [0, 0.1) is 6.92 Å². The van der Waals surface area contributed by atoms with Crippen molar-refractivity contribution in [2.24, 2.45) is 0 Å². The predicted octanol–water partition coefficient (Wildman–Crippen LogP) is 8.34. The van der Waals surface area contributed by atoms with Gasteiger partial charge in [-0.2, -0.15) is 0 Å². The first-order valence-corrected chi connectivity index (χ1v) is 14.0. The Hall–Kier alpha value is -3.15. The average Bonchev–Trinajstić information content (AvgIpc) is 2.93. The molecule has 1 aromatic heterocycles. The van der Waals surface area contributed by atoms with Gasteiger partial charge in [-0.25, -0.2) is 4.98 Å². The van der Waals surface area contributed by atoms with Crippen LogP contribution in [0.5, 0.6) is 0 Å². The van der Waals surface area contributed by atoms with Gasteiger partial charge in [0.05, 0.1) is 0 Å². The average molecular weight is 524 g/mol. The van der Waals surface area contributed by atoms with Crippen LogP contribution in [0.15, 0.2) is 99.9 Å². The summed E-state index contributed by atoms with van der Waals surface area (Å²) in [4.78, 5) is 31.4. The monoisotopic (exact) mass is 523 g/mol. The molecule has 0 amide bonds. The number of thiol groups is 1. The van der Waals surface area contributed by atoms with Crippen molar-refractivity contribution in [2.45, 2.75) is 59.8 Å². The molecule has 0 N–H and O–H groups in total. The van der Waals surface area contributed by atoms with E-state index in [2.05, 4.69) is 48.8 Å². The van der Waals surface area contributed by atoms with Crippen LogP contribution in [0.4, 0.5) is 0 Å². The van der Waals surface area contributed by atoms with Gasteiger partial charge in [-0.1, -0.05) is 91.2 Å². The Labute approximate surface area is 228 Å². The molecule has 6 rings (SSSR count). The van der Waals surface area contributed by atoms with Gasteiger partial charge in [-0.15, -0.1) is 12.6 Å². The third kappa shape index (κ3) is 5.58. The van der Waals surface area contributed by atoms with Crippen molar-refractivity contribution in [3.8, 4) is 0 Å². The van der Waals surface area contributed by atoms with E-state index >= 15 is 0 Å². The van der Waals surface area contributed by atoms with Crippen molar-refractivity contribution in [1.82, 2.24) is 4.98 Å². The van der Waals surface area contributed by atoms with Crippen LogP contribution in [0.1, 0.15) is 81.0 Å². The van der Waals surface area contributed by atoms with Crippen LogP contribution in [-0.4, -0.2) is 16.6 Å². The maximum Gasteiger partial charge on any atom is 0.195 e.